The van der Waals surface area contributed by atoms with Gasteiger partial charge in [0.15, 0.2) is 0 Å². The summed E-state index contributed by atoms with van der Waals surface area (Å²) in [7, 11) is 0. The van der Waals surface area contributed by atoms with E-state index in [1.54, 1.807) is 0 Å². The highest BCUT2D eigenvalue weighted by Crippen LogP contribution is 2.52. The Kier molecular flexibility index (Phi) is 4.29. The zero-order valence-corrected chi connectivity index (χ0v) is 15.2. The molecule has 126 valence electrons. The first-order chi connectivity index (χ1) is 10.8. The molecule has 23 heavy (non-hydrogen) atoms. The van der Waals surface area contributed by atoms with Crippen LogP contribution in [0.1, 0.15) is 75.7 Å². The topological polar surface area (TPSA) is 20.3 Å². The lowest BCUT2D eigenvalue weighted by Gasteiger charge is -2.39. The Bertz CT molecular complexity index is 574. The van der Waals surface area contributed by atoms with Crippen LogP contribution in [0.5, 0.6) is 0 Å². The van der Waals surface area contributed by atoms with Crippen LogP contribution in [0.15, 0.2) is 24.3 Å². The molecule has 2 nitrogen and oxygen atoms in total. The van der Waals surface area contributed by atoms with E-state index in [9.17, 15) is 4.79 Å². The summed E-state index contributed by atoms with van der Waals surface area (Å²) in [5, 5.41) is 0. The van der Waals surface area contributed by atoms with Crippen molar-refractivity contribution in [1.82, 2.24) is 4.90 Å². The lowest BCUT2D eigenvalue weighted by Crippen LogP contribution is -2.37. The van der Waals surface area contributed by atoms with Gasteiger partial charge in [-0.3, -0.25) is 4.79 Å². The molecule has 1 amide bonds. The van der Waals surface area contributed by atoms with Crippen molar-refractivity contribution in [2.24, 2.45) is 10.8 Å². The number of rotatable bonds is 4. The number of aryl methyl sites for hydroxylation is 1. The average Bonchev–Trinajstić information content (AvgIpc) is 2.74. The zero-order chi connectivity index (χ0) is 16.7. The summed E-state index contributed by atoms with van der Waals surface area (Å²) in [5.41, 5.74) is 2.87. The molecule has 2 heteroatoms. The summed E-state index contributed by atoms with van der Waals surface area (Å²) in [6, 6.07) is 8.76. The molecule has 1 aromatic carbocycles. The Labute approximate surface area is 141 Å². The van der Waals surface area contributed by atoms with Crippen molar-refractivity contribution in [3.63, 3.8) is 0 Å². The van der Waals surface area contributed by atoms with E-state index in [1.807, 2.05) is 12.1 Å². The maximum absolute atomic E-state index is 13.0. The second-order valence-electron chi connectivity index (χ2n) is 8.95. The van der Waals surface area contributed by atoms with Gasteiger partial charge >= 0.3 is 0 Å². The molecule has 0 N–H and O–H groups in total. The largest absolute Gasteiger partial charge is 0.335 e. The lowest BCUT2D eigenvalue weighted by molar-refractivity contribution is 0.0708. The molecule has 1 saturated heterocycles. The van der Waals surface area contributed by atoms with Gasteiger partial charge in [-0.2, -0.15) is 0 Å². The minimum atomic E-state index is 0.235. The Morgan fingerprint density at radius 2 is 1.87 bits per heavy atom. The van der Waals surface area contributed by atoms with Crippen LogP contribution in [0.3, 0.4) is 0 Å². The van der Waals surface area contributed by atoms with Gasteiger partial charge in [-0.1, -0.05) is 46.2 Å². The maximum atomic E-state index is 13.0. The van der Waals surface area contributed by atoms with E-state index in [4.69, 9.17) is 0 Å². The minimum absolute atomic E-state index is 0.235. The number of hydrogen-bond acceptors (Lipinski definition) is 1. The molecule has 1 saturated carbocycles. The van der Waals surface area contributed by atoms with E-state index in [0.29, 0.717) is 16.9 Å². The molecule has 2 fully saturated rings. The molecule has 1 aliphatic heterocycles. The van der Waals surface area contributed by atoms with Gasteiger partial charge in [0.1, 0.15) is 0 Å². The number of unbranched alkanes of at least 4 members (excludes halogenated alkanes) is 1. The molecule has 2 unspecified atom stereocenters. The standard InChI is InChI=1S/C21H31NO/c1-5-6-7-16-8-10-17(11-9-16)19(23)22-15-21(4)13-18(22)12-20(2,3)14-21/h8-11,18H,5-7,12-15H2,1-4H3. The van der Waals surface area contributed by atoms with E-state index in [2.05, 4.69) is 44.7 Å². The molecule has 1 aliphatic carbocycles. The fourth-order valence-electron chi connectivity index (χ4n) is 5.06. The van der Waals surface area contributed by atoms with E-state index >= 15 is 0 Å². The number of hydrogen-bond donors (Lipinski definition) is 0. The Morgan fingerprint density at radius 3 is 2.52 bits per heavy atom. The Hall–Kier alpha value is -1.31. The van der Waals surface area contributed by atoms with Crippen LogP contribution in [-0.4, -0.2) is 23.4 Å². The zero-order valence-electron chi connectivity index (χ0n) is 15.2. The smallest absolute Gasteiger partial charge is 0.254 e. The van der Waals surface area contributed by atoms with E-state index < -0.39 is 0 Å². The van der Waals surface area contributed by atoms with Crippen molar-refractivity contribution < 1.29 is 4.79 Å². The van der Waals surface area contributed by atoms with Gasteiger partial charge in [-0.05, 0) is 60.6 Å². The monoisotopic (exact) mass is 313 g/mol. The average molecular weight is 313 g/mol. The first-order valence-electron chi connectivity index (χ1n) is 9.22. The highest BCUT2D eigenvalue weighted by atomic mass is 16.2. The van der Waals surface area contributed by atoms with Gasteiger partial charge in [0.25, 0.3) is 5.91 Å². The number of fused-ring (bicyclic) bond motifs is 2. The van der Waals surface area contributed by atoms with Crippen LogP contribution in [0, 0.1) is 10.8 Å². The van der Waals surface area contributed by atoms with E-state index in [1.165, 1.54) is 31.2 Å². The van der Waals surface area contributed by atoms with Crippen molar-refractivity contribution in [3.8, 4) is 0 Å². The van der Waals surface area contributed by atoms with Gasteiger partial charge in [0.05, 0.1) is 0 Å². The molecular formula is C21H31NO. The summed E-state index contributed by atoms with van der Waals surface area (Å²) in [6.07, 6.45) is 7.10. The van der Waals surface area contributed by atoms with Crippen LogP contribution in [0.25, 0.3) is 0 Å². The van der Waals surface area contributed by atoms with Gasteiger partial charge in [-0.15, -0.1) is 0 Å². The van der Waals surface area contributed by atoms with E-state index in [-0.39, 0.29) is 5.91 Å². The molecule has 0 spiro atoms. The molecule has 1 heterocycles. The molecule has 3 rings (SSSR count). The number of amides is 1. The number of benzene rings is 1. The fraction of sp³-hybridized carbons (Fsp3) is 0.667. The summed E-state index contributed by atoms with van der Waals surface area (Å²) in [6.45, 7) is 10.2. The Morgan fingerprint density at radius 1 is 1.17 bits per heavy atom. The van der Waals surface area contributed by atoms with Crippen LogP contribution < -0.4 is 0 Å². The molecule has 0 aromatic heterocycles. The highest BCUT2D eigenvalue weighted by Gasteiger charge is 2.50. The van der Waals surface area contributed by atoms with Crippen molar-refractivity contribution in [2.45, 2.75) is 72.3 Å². The summed E-state index contributed by atoms with van der Waals surface area (Å²) < 4.78 is 0. The first kappa shape index (κ1) is 16.5. The third-order valence-corrected chi connectivity index (χ3v) is 5.70. The lowest BCUT2D eigenvalue weighted by atomic mass is 9.65. The number of carbonyl (C=O) groups excluding carboxylic acids is 1. The SMILES string of the molecule is CCCCc1ccc(C(=O)N2CC3(C)CC2CC(C)(C)C3)cc1. The van der Waals surface area contributed by atoms with Crippen molar-refractivity contribution >= 4 is 5.91 Å². The van der Waals surface area contributed by atoms with Gasteiger partial charge in [0.2, 0.25) is 0 Å². The third-order valence-electron chi connectivity index (χ3n) is 5.70. The second kappa shape index (κ2) is 5.96. The normalized spacial score (nSPS) is 28.9. The fourth-order valence-corrected chi connectivity index (χ4v) is 5.06. The van der Waals surface area contributed by atoms with Crippen LogP contribution in [0.4, 0.5) is 0 Å². The van der Waals surface area contributed by atoms with E-state index in [0.717, 1.165) is 24.9 Å². The van der Waals surface area contributed by atoms with Crippen molar-refractivity contribution in [2.75, 3.05) is 6.54 Å². The van der Waals surface area contributed by atoms with Crippen LogP contribution in [0.2, 0.25) is 0 Å². The summed E-state index contributed by atoms with van der Waals surface area (Å²) >= 11 is 0. The number of nitrogens with zero attached hydrogens (tertiary/aromatic N) is 1. The van der Waals surface area contributed by atoms with Crippen LogP contribution in [-0.2, 0) is 6.42 Å². The quantitative estimate of drug-likeness (QED) is 0.760. The molecule has 2 atom stereocenters. The van der Waals surface area contributed by atoms with Crippen LogP contribution >= 0.6 is 0 Å². The number of carbonyl (C=O) groups is 1. The van der Waals surface area contributed by atoms with Gasteiger partial charge in [0, 0.05) is 18.2 Å². The molecular weight excluding hydrogens is 282 g/mol. The molecule has 1 aromatic rings. The summed E-state index contributed by atoms with van der Waals surface area (Å²) in [4.78, 5) is 15.2. The summed E-state index contributed by atoms with van der Waals surface area (Å²) in [5.74, 6) is 0.235. The Balaban J connectivity index is 1.73. The predicted octanol–water partition coefficient (Wildman–Crippen LogP) is 5.07. The molecule has 2 aliphatic rings. The molecule has 0 radical (unpaired) electrons. The third kappa shape index (κ3) is 3.46. The van der Waals surface area contributed by atoms with Gasteiger partial charge in [-0.25, -0.2) is 0 Å². The first-order valence-corrected chi connectivity index (χ1v) is 9.22. The molecule has 2 bridgehead atoms. The minimum Gasteiger partial charge on any atom is -0.335 e. The highest BCUT2D eigenvalue weighted by molar-refractivity contribution is 5.94. The van der Waals surface area contributed by atoms with Crippen molar-refractivity contribution in [3.05, 3.63) is 35.4 Å². The van der Waals surface area contributed by atoms with Crippen molar-refractivity contribution in [1.29, 1.82) is 0 Å². The van der Waals surface area contributed by atoms with Gasteiger partial charge < -0.3 is 4.90 Å². The predicted molar refractivity (Wildman–Crippen MR) is 95.6 cm³/mol. The number of likely N-dealkylation sites (tertiary alicyclic amines) is 1. The second-order valence-corrected chi connectivity index (χ2v) is 8.95. The maximum Gasteiger partial charge on any atom is 0.254 e.